The Hall–Kier alpha value is -1.41. The number of nitrogens with zero attached hydrogens (tertiary/aromatic N) is 1. The van der Waals surface area contributed by atoms with E-state index in [1.165, 1.54) is 0 Å². The molecule has 0 fully saturated rings. The zero-order valence-electron chi connectivity index (χ0n) is 11.6. The Morgan fingerprint density at radius 1 is 1.52 bits per heavy atom. The minimum absolute atomic E-state index is 0.0889. The van der Waals surface area contributed by atoms with Gasteiger partial charge in [-0.2, -0.15) is 0 Å². The predicted molar refractivity (Wildman–Crippen MR) is 72.0 cm³/mol. The molecule has 0 spiro atoms. The summed E-state index contributed by atoms with van der Waals surface area (Å²) in [5, 5.41) is 12.5. The van der Waals surface area contributed by atoms with Gasteiger partial charge in [-0.3, -0.25) is 9.36 Å². The average molecular weight is 322 g/mol. The quantitative estimate of drug-likeness (QED) is 0.475. The Morgan fingerprint density at radius 2 is 2.19 bits per heavy atom. The fourth-order valence-corrected chi connectivity index (χ4v) is 1.92. The van der Waals surface area contributed by atoms with Crippen LogP contribution in [0.1, 0.15) is 31.1 Å². The van der Waals surface area contributed by atoms with E-state index in [-0.39, 0.29) is 12.3 Å². The number of aliphatic carboxylic acids is 1. The van der Waals surface area contributed by atoms with Crippen LogP contribution >= 0.6 is 7.60 Å². The van der Waals surface area contributed by atoms with Gasteiger partial charge >= 0.3 is 13.6 Å². The van der Waals surface area contributed by atoms with E-state index in [1.54, 1.807) is 0 Å². The van der Waals surface area contributed by atoms with Crippen molar-refractivity contribution < 1.29 is 33.5 Å². The Labute approximate surface area is 121 Å². The minimum atomic E-state index is -4.37. The summed E-state index contributed by atoms with van der Waals surface area (Å²) in [6.45, 7) is 1.98. The number of unbranched alkanes of at least 4 members (excludes halogenated alkanes) is 1. The third kappa shape index (κ3) is 5.84. The Kier molecular flexibility index (Phi) is 6.35. The Bertz CT molecular complexity index is 525. The Morgan fingerprint density at radius 3 is 2.71 bits per heavy atom. The summed E-state index contributed by atoms with van der Waals surface area (Å²) in [5.41, 5.74) is 5.82. The van der Waals surface area contributed by atoms with Crippen molar-refractivity contribution >= 4 is 13.6 Å². The van der Waals surface area contributed by atoms with Crippen LogP contribution in [0.2, 0.25) is 0 Å². The lowest BCUT2D eigenvalue weighted by molar-refractivity contribution is -0.138. The van der Waals surface area contributed by atoms with Gasteiger partial charge in [0.25, 0.3) is 5.88 Å². The number of hydrogen-bond donors (Lipinski definition) is 4. The third-order valence-corrected chi connectivity index (χ3v) is 3.17. The molecule has 0 bridgehead atoms. The van der Waals surface area contributed by atoms with Gasteiger partial charge in [0, 0.05) is 12.8 Å². The molecule has 1 heterocycles. The first-order chi connectivity index (χ1) is 9.74. The van der Waals surface area contributed by atoms with E-state index in [2.05, 4.69) is 5.16 Å². The molecule has 1 aromatic heterocycles. The molecule has 0 radical (unpaired) electrons. The normalized spacial score (nSPS) is 13.1. The molecule has 0 amide bonds. The molecule has 0 aliphatic carbocycles. The highest BCUT2D eigenvalue weighted by Crippen LogP contribution is 2.35. The number of aromatic nitrogens is 1. The van der Waals surface area contributed by atoms with E-state index >= 15 is 0 Å². The molecule has 0 saturated heterocycles. The van der Waals surface area contributed by atoms with Crippen molar-refractivity contribution in [3.05, 3.63) is 11.3 Å². The molecular weight excluding hydrogens is 303 g/mol. The molecule has 1 aromatic rings. The monoisotopic (exact) mass is 322 g/mol. The predicted octanol–water partition coefficient (Wildman–Crippen LogP) is 0.486. The molecule has 0 saturated carbocycles. The van der Waals surface area contributed by atoms with Gasteiger partial charge in [-0.25, -0.2) is 0 Å². The van der Waals surface area contributed by atoms with E-state index in [1.807, 2.05) is 6.92 Å². The lowest BCUT2D eigenvalue weighted by Crippen LogP contribution is -2.32. The number of ether oxygens (including phenoxy) is 1. The van der Waals surface area contributed by atoms with Crippen molar-refractivity contribution in [3.8, 4) is 5.88 Å². The SMILES string of the molecule is CCCCc1onc(OCP(=O)(O)O)c1C[C@H](N)C(=O)O. The molecule has 0 aromatic carbocycles. The van der Waals surface area contributed by atoms with Gasteiger partial charge in [0.15, 0.2) is 6.35 Å². The smallest absolute Gasteiger partial charge is 0.362 e. The van der Waals surface area contributed by atoms with Crippen LogP contribution in [0.15, 0.2) is 4.52 Å². The molecule has 0 aliphatic rings. The molecule has 21 heavy (non-hydrogen) atoms. The summed E-state index contributed by atoms with van der Waals surface area (Å²) in [5.74, 6) is -0.894. The Balaban J connectivity index is 2.92. The molecule has 9 nitrogen and oxygen atoms in total. The second-order valence-electron chi connectivity index (χ2n) is 4.58. The number of hydrogen-bond acceptors (Lipinski definition) is 6. The number of carbonyl (C=O) groups is 1. The van der Waals surface area contributed by atoms with Gasteiger partial charge in [0.05, 0.1) is 5.56 Å². The van der Waals surface area contributed by atoms with Crippen molar-refractivity contribution in [1.82, 2.24) is 5.16 Å². The van der Waals surface area contributed by atoms with E-state index < -0.39 is 26.0 Å². The summed E-state index contributed by atoms with van der Waals surface area (Å²) < 4.78 is 20.8. The molecule has 5 N–H and O–H groups in total. The van der Waals surface area contributed by atoms with Crippen LogP contribution in [0.3, 0.4) is 0 Å². The topological polar surface area (TPSA) is 156 Å². The van der Waals surface area contributed by atoms with Crippen LogP contribution in [0.5, 0.6) is 5.88 Å². The highest BCUT2D eigenvalue weighted by molar-refractivity contribution is 7.51. The van der Waals surface area contributed by atoms with E-state index in [0.29, 0.717) is 17.7 Å². The zero-order valence-corrected chi connectivity index (χ0v) is 12.5. The van der Waals surface area contributed by atoms with Crippen molar-refractivity contribution in [2.24, 2.45) is 5.73 Å². The first-order valence-corrected chi connectivity index (χ1v) is 8.17. The second-order valence-corrected chi connectivity index (χ2v) is 6.17. The van der Waals surface area contributed by atoms with Crippen LogP contribution in [-0.4, -0.2) is 38.4 Å². The summed E-state index contributed by atoms with van der Waals surface area (Å²) in [6.07, 6.45) is 1.26. The third-order valence-electron chi connectivity index (χ3n) is 2.70. The fourth-order valence-electron chi connectivity index (χ4n) is 1.63. The van der Waals surface area contributed by atoms with Gasteiger partial charge in [-0.15, -0.1) is 0 Å². The lowest BCUT2D eigenvalue weighted by atomic mass is 10.0. The highest BCUT2D eigenvalue weighted by atomic mass is 31.2. The molecule has 10 heteroatoms. The van der Waals surface area contributed by atoms with E-state index in [0.717, 1.165) is 12.8 Å². The number of aryl methyl sites for hydroxylation is 1. The molecular formula is C11H19N2O7P. The van der Waals surface area contributed by atoms with Crippen LogP contribution in [0, 0.1) is 0 Å². The van der Waals surface area contributed by atoms with E-state index in [4.69, 9.17) is 29.9 Å². The summed E-state index contributed by atoms with van der Waals surface area (Å²) in [7, 11) is -4.37. The first kappa shape index (κ1) is 17.6. The number of carboxylic acid groups (broad SMARTS) is 1. The van der Waals surface area contributed by atoms with Crippen LogP contribution in [0.25, 0.3) is 0 Å². The van der Waals surface area contributed by atoms with Gasteiger partial charge < -0.3 is 29.9 Å². The van der Waals surface area contributed by atoms with Gasteiger partial charge in [0.1, 0.15) is 11.8 Å². The number of nitrogens with two attached hydrogens (primary N) is 1. The average Bonchev–Trinajstić information content (AvgIpc) is 2.75. The van der Waals surface area contributed by atoms with Gasteiger partial charge in [-0.05, 0) is 11.6 Å². The molecule has 0 unspecified atom stereocenters. The van der Waals surface area contributed by atoms with Crippen LogP contribution in [-0.2, 0) is 22.2 Å². The van der Waals surface area contributed by atoms with Crippen molar-refractivity contribution in [2.45, 2.75) is 38.6 Å². The molecule has 120 valence electrons. The molecule has 1 atom stereocenters. The second kappa shape index (κ2) is 7.56. The van der Waals surface area contributed by atoms with E-state index in [9.17, 15) is 9.36 Å². The van der Waals surface area contributed by atoms with Crippen molar-refractivity contribution in [3.63, 3.8) is 0 Å². The maximum Gasteiger partial charge on any atom is 0.362 e. The first-order valence-electron chi connectivity index (χ1n) is 6.37. The lowest BCUT2D eigenvalue weighted by Gasteiger charge is -2.09. The van der Waals surface area contributed by atoms with Crippen molar-refractivity contribution in [2.75, 3.05) is 6.35 Å². The molecule has 1 rings (SSSR count). The van der Waals surface area contributed by atoms with Crippen LogP contribution in [0.4, 0.5) is 0 Å². The summed E-state index contributed by atoms with van der Waals surface area (Å²) >= 11 is 0. The largest absolute Gasteiger partial charge is 0.480 e. The number of carboxylic acids is 1. The van der Waals surface area contributed by atoms with Gasteiger partial charge in [-0.1, -0.05) is 13.3 Å². The molecule has 0 aliphatic heterocycles. The maximum atomic E-state index is 10.8. The summed E-state index contributed by atoms with van der Waals surface area (Å²) in [6, 6.07) is -1.18. The van der Waals surface area contributed by atoms with Crippen molar-refractivity contribution in [1.29, 1.82) is 0 Å². The summed E-state index contributed by atoms with van der Waals surface area (Å²) in [4.78, 5) is 28.4. The zero-order chi connectivity index (χ0) is 16.0. The van der Waals surface area contributed by atoms with Gasteiger partial charge in [0.2, 0.25) is 0 Å². The maximum absolute atomic E-state index is 10.8. The fraction of sp³-hybridized carbons (Fsp3) is 0.636. The highest BCUT2D eigenvalue weighted by Gasteiger charge is 2.24. The minimum Gasteiger partial charge on any atom is -0.480 e. The number of rotatable bonds is 9. The standard InChI is InChI=1S/C11H19N2O7P/c1-2-3-4-9-7(5-8(12)11(14)15)10(13-20-9)19-6-21(16,17)18/h8H,2-6,12H2,1H3,(H,14,15)(H2,16,17,18)/t8-/m0/s1. The van der Waals surface area contributed by atoms with Crippen LogP contribution < -0.4 is 10.5 Å².